The van der Waals surface area contributed by atoms with E-state index in [0.717, 1.165) is 39.3 Å². The summed E-state index contributed by atoms with van der Waals surface area (Å²) < 4.78 is 10.8. The molecule has 0 amide bonds. The molecule has 1 saturated heterocycles. The van der Waals surface area contributed by atoms with E-state index in [-0.39, 0.29) is 0 Å². The van der Waals surface area contributed by atoms with Crippen molar-refractivity contribution in [1.82, 2.24) is 10.2 Å². The average Bonchev–Trinajstić information content (AvgIpc) is 2.90. The van der Waals surface area contributed by atoms with E-state index in [1.165, 1.54) is 12.0 Å². The highest BCUT2D eigenvalue weighted by Gasteiger charge is 2.26. The van der Waals surface area contributed by atoms with Gasteiger partial charge in [-0.05, 0) is 32.5 Å². The van der Waals surface area contributed by atoms with Crippen LogP contribution in [-0.4, -0.2) is 44.3 Å². The predicted molar refractivity (Wildman–Crippen MR) is 76.0 cm³/mol. The lowest BCUT2D eigenvalue weighted by Gasteiger charge is -2.34. The van der Waals surface area contributed by atoms with Crippen LogP contribution in [0.15, 0.2) is 23.0 Å². The van der Waals surface area contributed by atoms with Crippen LogP contribution in [0.2, 0.25) is 0 Å². The van der Waals surface area contributed by atoms with Gasteiger partial charge in [-0.25, -0.2) is 0 Å². The zero-order chi connectivity index (χ0) is 13.5. The Hall–Kier alpha value is -0.840. The molecule has 0 aliphatic carbocycles. The van der Waals surface area contributed by atoms with Gasteiger partial charge in [-0.1, -0.05) is 6.92 Å². The van der Waals surface area contributed by atoms with Crippen LogP contribution >= 0.6 is 0 Å². The van der Waals surface area contributed by atoms with Gasteiger partial charge in [0.25, 0.3) is 0 Å². The lowest BCUT2D eigenvalue weighted by Crippen LogP contribution is -2.47. The van der Waals surface area contributed by atoms with Gasteiger partial charge < -0.3 is 19.4 Å². The van der Waals surface area contributed by atoms with Crippen molar-refractivity contribution in [3.8, 4) is 0 Å². The largest absolute Gasteiger partial charge is 0.472 e. The van der Waals surface area contributed by atoms with Crippen LogP contribution in [0.25, 0.3) is 0 Å². The second-order valence-electron chi connectivity index (χ2n) is 5.51. The van der Waals surface area contributed by atoms with Crippen LogP contribution in [0.3, 0.4) is 0 Å². The minimum atomic E-state index is 0.581. The summed E-state index contributed by atoms with van der Waals surface area (Å²) in [5.74, 6) is 0.581. The molecule has 1 aliphatic heterocycles. The maximum atomic E-state index is 5.64. The Kier molecular flexibility index (Phi) is 5.89. The van der Waals surface area contributed by atoms with E-state index in [4.69, 9.17) is 9.15 Å². The average molecular weight is 266 g/mol. The summed E-state index contributed by atoms with van der Waals surface area (Å²) in [6.45, 7) is 7.08. The third-order valence-electron chi connectivity index (χ3n) is 3.71. The highest BCUT2D eigenvalue weighted by Crippen LogP contribution is 2.17. The van der Waals surface area contributed by atoms with E-state index in [0.29, 0.717) is 12.0 Å². The minimum Gasteiger partial charge on any atom is -0.472 e. The first-order chi connectivity index (χ1) is 9.29. The van der Waals surface area contributed by atoms with Crippen molar-refractivity contribution in [3.63, 3.8) is 0 Å². The van der Waals surface area contributed by atoms with E-state index < -0.39 is 0 Å². The maximum Gasteiger partial charge on any atom is 0.0947 e. The summed E-state index contributed by atoms with van der Waals surface area (Å²) in [7, 11) is 2.17. The lowest BCUT2D eigenvalue weighted by atomic mass is 9.95. The molecule has 0 spiro atoms. The van der Waals surface area contributed by atoms with Crippen LogP contribution in [0.1, 0.15) is 25.3 Å². The highest BCUT2D eigenvalue weighted by atomic mass is 16.5. The number of hydrogen-bond donors (Lipinski definition) is 1. The number of ether oxygens (including phenoxy) is 1. The summed E-state index contributed by atoms with van der Waals surface area (Å²) >= 11 is 0. The highest BCUT2D eigenvalue weighted by molar-refractivity contribution is 5.04. The molecule has 4 nitrogen and oxygen atoms in total. The zero-order valence-electron chi connectivity index (χ0n) is 12.1. The summed E-state index contributed by atoms with van der Waals surface area (Å²) in [4.78, 5) is 2.35. The lowest BCUT2D eigenvalue weighted by molar-refractivity contribution is 0.0189. The Bertz CT molecular complexity index is 340. The molecule has 2 unspecified atom stereocenters. The van der Waals surface area contributed by atoms with Gasteiger partial charge in [0.05, 0.1) is 19.1 Å². The Morgan fingerprint density at radius 3 is 3.11 bits per heavy atom. The standard InChI is InChI=1S/C15H26N2O2/c1-3-6-16-15-5-8-19-12-14(15)10-17(2)9-13-4-7-18-11-13/h4,7,11,14-16H,3,5-6,8-10,12H2,1-2H3. The number of rotatable bonds is 7. The smallest absolute Gasteiger partial charge is 0.0947 e. The van der Waals surface area contributed by atoms with Gasteiger partial charge in [0.1, 0.15) is 0 Å². The van der Waals surface area contributed by atoms with E-state index in [1.54, 1.807) is 6.26 Å². The molecule has 1 fully saturated rings. The molecule has 2 atom stereocenters. The normalized spacial score (nSPS) is 23.9. The fraction of sp³-hybridized carbons (Fsp3) is 0.733. The van der Waals surface area contributed by atoms with Crippen molar-refractivity contribution in [3.05, 3.63) is 24.2 Å². The molecule has 19 heavy (non-hydrogen) atoms. The SMILES string of the molecule is CCCNC1CCOCC1CN(C)Cc1ccoc1. The molecule has 0 bridgehead atoms. The summed E-state index contributed by atoms with van der Waals surface area (Å²) in [6, 6.07) is 2.63. The van der Waals surface area contributed by atoms with Crippen molar-refractivity contribution in [2.24, 2.45) is 5.92 Å². The van der Waals surface area contributed by atoms with Crippen molar-refractivity contribution in [2.45, 2.75) is 32.4 Å². The van der Waals surface area contributed by atoms with Crippen LogP contribution in [0, 0.1) is 5.92 Å². The monoisotopic (exact) mass is 266 g/mol. The minimum absolute atomic E-state index is 0.581. The van der Waals surface area contributed by atoms with Gasteiger partial charge in [-0.2, -0.15) is 0 Å². The van der Waals surface area contributed by atoms with E-state index in [1.807, 2.05) is 12.3 Å². The molecule has 1 aromatic heterocycles. The first-order valence-electron chi connectivity index (χ1n) is 7.30. The number of nitrogens with zero attached hydrogens (tertiary/aromatic N) is 1. The van der Waals surface area contributed by atoms with Crippen LogP contribution in [-0.2, 0) is 11.3 Å². The van der Waals surface area contributed by atoms with Gasteiger partial charge in [0.2, 0.25) is 0 Å². The third kappa shape index (κ3) is 4.64. The number of hydrogen-bond acceptors (Lipinski definition) is 4. The fourth-order valence-electron chi connectivity index (χ4n) is 2.73. The predicted octanol–water partition coefficient (Wildman–Crippen LogP) is 2.12. The summed E-state index contributed by atoms with van der Waals surface area (Å²) in [5, 5.41) is 3.66. The number of nitrogens with one attached hydrogen (secondary N) is 1. The fourth-order valence-corrected chi connectivity index (χ4v) is 2.73. The van der Waals surface area contributed by atoms with Gasteiger partial charge >= 0.3 is 0 Å². The Balaban J connectivity index is 1.80. The molecule has 108 valence electrons. The van der Waals surface area contributed by atoms with Gasteiger partial charge in [0, 0.05) is 37.2 Å². The molecule has 1 aliphatic rings. The molecule has 1 N–H and O–H groups in total. The quantitative estimate of drug-likeness (QED) is 0.820. The first-order valence-corrected chi connectivity index (χ1v) is 7.30. The van der Waals surface area contributed by atoms with Gasteiger partial charge in [-0.3, -0.25) is 0 Å². The van der Waals surface area contributed by atoms with E-state index >= 15 is 0 Å². The molecule has 0 aromatic carbocycles. The van der Waals surface area contributed by atoms with Crippen LogP contribution in [0.4, 0.5) is 0 Å². The molecule has 0 saturated carbocycles. The third-order valence-corrected chi connectivity index (χ3v) is 3.71. The summed E-state index contributed by atoms with van der Waals surface area (Å²) in [6.07, 6.45) is 5.87. The summed E-state index contributed by atoms with van der Waals surface area (Å²) in [5.41, 5.74) is 1.23. The molecule has 2 rings (SSSR count). The molecule has 2 heterocycles. The zero-order valence-corrected chi connectivity index (χ0v) is 12.1. The van der Waals surface area contributed by atoms with E-state index in [2.05, 4.69) is 24.2 Å². The molecular weight excluding hydrogens is 240 g/mol. The van der Waals surface area contributed by atoms with E-state index in [9.17, 15) is 0 Å². The molecule has 0 radical (unpaired) electrons. The van der Waals surface area contributed by atoms with Crippen molar-refractivity contribution in [1.29, 1.82) is 0 Å². The molecule has 4 heteroatoms. The molecule has 1 aromatic rings. The number of furan rings is 1. The van der Waals surface area contributed by atoms with Crippen molar-refractivity contribution in [2.75, 3.05) is 33.4 Å². The van der Waals surface area contributed by atoms with Crippen LogP contribution in [0.5, 0.6) is 0 Å². The van der Waals surface area contributed by atoms with Gasteiger partial charge in [0.15, 0.2) is 0 Å². The second-order valence-corrected chi connectivity index (χ2v) is 5.51. The Labute approximate surface area is 116 Å². The van der Waals surface area contributed by atoms with Crippen molar-refractivity contribution < 1.29 is 9.15 Å². The second kappa shape index (κ2) is 7.68. The maximum absolute atomic E-state index is 5.64. The Morgan fingerprint density at radius 2 is 2.37 bits per heavy atom. The molecular formula is C15H26N2O2. The Morgan fingerprint density at radius 1 is 1.47 bits per heavy atom. The van der Waals surface area contributed by atoms with Gasteiger partial charge in [-0.15, -0.1) is 0 Å². The first kappa shape index (κ1) is 14.6. The van der Waals surface area contributed by atoms with Crippen molar-refractivity contribution >= 4 is 0 Å². The van der Waals surface area contributed by atoms with Crippen LogP contribution < -0.4 is 5.32 Å². The topological polar surface area (TPSA) is 37.6 Å².